The molecule has 21 heavy (non-hydrogen) atoms. The number of hydrogen-bond acceptors (Lipinski definition) is 2. The Hall–Kier alpha value is -1.58. The van der Waals surface area contributed by atoms with Crippen molar-refractivity contribution in [1.82, 2.24) is 5.32 Å². The molecule has 4 heteroatoms. The van der Waals surface area contributed by atoms with Crippen LogP contribution < -0.4 is 10.1 Å². The Kier molecular flexibility index (Phi) is 5.59. The molecule has 0 atom stereocenters. The summed E-state index contributed by atoms with van der Waals surface area (Å²) in [6, 6.07) is 12.5. The zero-order valence-electron chi connectivity index (χ0n) is 12.2. The molecule has 0 bridgehead atoms. The fourth-order valence-corrected chi connectivity index (χ4v) is 2.05. The Balaban J connectivity index is 1.99. The topological polar surface area (TPSA) is 21.3 Å². The standard InChI is InChI=1S/C17H19ClFNO/c1-12(2)20-10-13-4-3-5-16(8-13)21-11-14-9-15(19)6-7-17(14)18/h3-9,12,20H,10-11H2,1-2H3. The SMILES string of the molecule is CC(C)NCc1cccc(OCc2cc(F)ccc2Cl)c1. The molecule has 2 aromatic carbocycles. The highest BCUT2D eigenvalue weighted by Crippen LogP contribution is 2.20. The van der Waals surface area contributed by atoms with Gasteiger partial charge in [-0.05, 0) is 35.9 Å². The van der Waals surface area contributed by atoms with Gasteiger partial charge < -0.3 is 10.1 Å². The van der Waals surface area contributed by atoms with Gasteiger partial charge in [0.25, 0.3) is 0 Å². The lowest BCUT2D eigenvalue weighted by Gasteiger charge is -2.11. The molecule has 1 N–H and O–H groups in total. The zero-order valence-corrected chi connectivity index (χ0v) is 13.0. The van der Waals surface area contributed by atoms with E-state index in [2.05, 4.69) is 19.2 Å². The third kappa shape index (κ3) is 5.03. The fourth-order valence-electron chi connectivity index (χ4n) is 1.88. The predicted molar refractivity (Wildman–Crippen MR) is 84.2 cm³/mol. The monoisotopic (exact) mass is 307 g/mol. The highest BCUT2D eigenvalue weighted by Gasteiger charge is 2.04. The van der Waals surface area contributed by atoms with Crippen molar-refractivity contribution in [2.75, 3.05) is 0 Å². The van der Waals surface area contributed by atoms with E-state index < -0.39 is 0 Å². The van der Waals surface area contributed by atoms with Crippen molar-refractivity contribution in [2.45, 2.75) is 33.0 Å². The minimum absolute atomic E-state index is 0.248. The first kappa shape index (κ1) is 15.8. The summed E-state index contributed by atoms with van der Waals surface area (Å²) in [5, 5.41) is 3.86. The first-order chi connectivity index (χ1) is 10.0. The minimum atomic E-state index is -0.312. The van der Waals surface area contributed by atoms with Crippen LogP contribution in [0.2, 0.25) is 5.02 Å². The molecule has 0 fully saturated rings. The van der Waals surface area contributed by atoms with E-state index in [4.69, 9.17) is 16.3 Å². The number of rotatable bonds is 6. The van der Waals surface area contributed by atoms with Gasteiger partial charge in [-0.15, -0.1) is 0 Å². The van der Waals surface area contributed by atoms with E-state index in [0.717, 1.165) is 17.9 Å². The molecule has 0 saturated heterocycles. The second kappa shape index (κ2) is 7.43. The molecule has 0 aliphatic carbocycles. The summed E-state index contributed by atoms with van der Waals surface area (Å²) < 4.78 is 18.9. The number of nitrogens with one attached hydrogen (secondary N) is 1. The van der Waals surface area contributed by atoms with Crippen molar-refractivity contribution in [2.24, 2.45) is 0 Å². The number of halogens is 2. The molecule has 0 aliphatic heterocycles. The molecular weight excluding hydrogens is 289 g/mol. The maximum atomic E-state index is 13.2. The Labute approximate surface area is 129 Å². The fraction of sp³-hybridized carbons (Fsp3) is 0.294. The summed E-state index contributed by atoms with van der Waals surface area (Å²) >= 11 is 6.02. The molecule has 2 aromatic rings. The third-order valence-corrected chi connectivity index (χ3v) is 3.38. The van der Waals surface area contributed by atoms with Crippen LogP contribution in [0.1, 0.15) is 25.0 Å². The van der Waals surface area contributed by atoms with E-state index >= 15 is 0 Å². The summed E-state index contributed by atoms with van der Waals surface area (Å²) in [6.45, 7) is 5.24. The summed E-state index contributed by atoms with van der Waals surface area (Å²) in [6.07, 6.45) is 0. The van der Waals surface area contributed by atoms with Gasteiger partial charge in [0.05, 0.1) is 0 Å². The second-order valence-corrected chi connectivity index (χ2v) is 5.61. The van der Waals surface area contributed by atoms with Crippen molar-refractivity contribution >= 4 is 11.6 Å². The number of ether oxygens (including phenoxy) is 1. The molecule has 0 aliphatic rings. The summed E-state index contributed by atoms with van der Waals surface area (Å²) in [4.78, 5) is 0. The van der Waals surface area contributed by atoms with E-state index in [1.807, 2.05) is 24.3 Å². The van der Waals surface area contributed by atoms with Crippen molar-refractivity contribution < 1.29 is 9.13 Å². The summed E-state index contributed by atoms with van der Waals surface area (Å²) in [5.41, 5.74) is 1.79. The van der Waals surface area contributed by atoms with Crippen LogP contribution in [-0.2, 0) is 13.2 Å². The molecule has 2 nitrogen and oxygen atoms in total. The summed E-state index contributed by atoms with van der Waals surface area (Å²) in [7, 11) is 0. The lowest BCUT2D eigenvalue weighted by atomic mass is 10.2. The lowest BCUT2D eigenvalue weighted by molar-refractivity contribution is 0.305. The molecule has 0 unspecified atom stereocenters. The molecule has 2 rings (SSSR count). The minimum Gasteiger partial charge on any atom is -0.489 e. The van der Waals surface area contributed by atoms with Gasteiger partial charge in [0, 0.05) is 23.2 Å². The molecule has 0 saturated carbocycles. The van der Waals surface area contributed by atoms with Crippen LogP contribution in [0.3, 0.4) is 0 Å². The normalized spacial score (nSPS) is 10.9. The van der Waals surface area contributed by atoms with Gasteiger partial charge in [-0.1, -0.05) is 37.6 Å². The molecule has 0 heterocycles. The zero-order chi connectivity index (χ0) is 15.2. The Bertz CT molecular complexity index is 601. The van der Waals surface area contributed by atoms with Gasteiger partial charge in [0.2, 0.25) is 0 Å². The Morgan fingerprint density at radius 3 is 2.76 bits per heavy atom. The molecule has 112 valence electrons. The van der Waals surface area contributed by atoms with Crippen LogP contribution >= 0.6 is 11.6 Å². The first-order valence-electron chi connectivity index (χ1n) is 6.93. The van der Waals surface area contributed by atoms with Crippen molar-refractivity contribution in [3.8, 4) is 5.75 Å². The smallest absolute Gasteiger partial charge is 0.123 e. The van der Waals surface area contributed by atoms with Crippen LogP contribution in [0.5, 0.6) is 5.75 Å². The molecule has 0 spiro atoms. The van der Waals surface area contributed by atoms with Gasteiger partial charge >= 0.3 is 0 Å². The quantitative estimate of drug-likeness (QED) is 0.845. The van der Waals surface area contributed by atoms with Crippen LogP contribution in [0.4, 0.5) is 4.39 Å². The van der Waals surface area contributed by atoms with Crippen LogP contribution in [-0.4, -0.2) is 6.04 Å². The Morgan fingerprint density at radius 1 is 1.19 bits per heavy atom. The largest absolute Gasteiger partial charge is 0.489 e. The van der Waals surface area contributed by atoms with Crippen LogP contribution in [0.25, 0.3) is 0 Å². The maximum absolute atomic E-state index is 13.2. The van der Waals surface area contributed by atoms with Gasteiger partial charge in [0.1, 0.15) is 18.2 Å². The molecule has 0 radical (unpaired) electrons. The van der Waals surface area contributed by atoms with Gasteiger partial charge in [-0.25, -0.2) is 4.39 Å². The van der Waals surface area contributed by atoms with Crippen LogP contribution in [0.15, 0.2) is 42.5 Å². The van der Waals surface area contributed by atoms with Crippen LogP contribution in [0, 0.1) is 5.82 Å². The van der Waals surface area contributed by atoms with Crippen molar-refractivity contribution in [3.63, 3.8) is 0 Å². The first-order valence-corrected chi connectivity index (χ1v) is 7.31. The molecule has 0 amide bonds. The average Bonchev–Trinajstić information content (AvgIpc) is 2.46. The average molecular weight is 308 g/mol. The van der Waals surface area contributed by atoms with E-state index in [9.17, 15) is 4.39 Å². The Morgan fingerprint density at radius 2 is 2.00 bits per heavy atom. The maximum Gasteiger partial charge on any atom is 0.123 e. The highest BCUT2D eigenvalue weighted by atomic mass is 35.5. The third-order valence-electron chi connectivity index (χ3n) is 3.01. The predicted octanol–water partition coefficient (Wildman–Crippen LogP) is 4.56. The lowest BCUT2D eigenvalue weighted by Crippen LogP contribution is -2.21. The van der Waals surface area contributed by atoms with E-state index in [1.54, 1.807) is 6.07 Å². The van der Waals surface area contributed by atoms with E-state index in [0.29, 0.717) is 16.6 Å². The van der Waals surface area contributed by atoms with Crippen molar-refractivity contribution in [1.29, 1.82) is 0 Å². The summed E-state index contributed by atoms with van der Waals surface area (Å²) in [5.74, 6) is 0.436. The second-order valence-electron chi connectivity index (χ2n) is 5.21. The number of benzene rings is 2. The molecular formula is C17H19ClFNO. The van der Waals surface area contributed by atoms with E-state index in [-0.39, 0.29) is 12.4 Å². The van der Waals surface area contributed by atoms with E-state index in [1.165, 1.54) is 12.1 Å². The molecule has 0 aromatic heterocycles. The number of hydrogen-bond donors (Lipinski definition) is 1. The highest BCUT2D eigenvalue weighted by molar-refractivity contribution is 6.31. The van der Waals surface area contributed by atoms with Crippen molar-refractivity contribution in [3.05, 3.63) is 64.4 Å². The van der Waals surface area contributed by atoms with Gasteiger partial charge in [-0.2, -0.15) is 0 Å². The van der Waals surface area contributed by atoms with Gasteiger partial charge in [-0.3, -0.25) is 0 Å². The van der Waals surface area contributed by atoms with Gasteiger partial charge in [0.15, 0.2) is 0 Å².